The Morgan fingerprint density at radius 3 is 2.67 bits per heavy atom. The molecular formula is C12H16ClNO3S. The highest BCUT2D eigenvalue weighted by Crippen LogP contribution is 2.54. The Hall–Kier alpha value is -0.620. The van der Waals surface area contributed by atoms with E-state index in [0.29, 0.717) is 5.02 Å². The molecule has 0 unspecified atom stereocenters. The van der Waals surface area contributed by atoms with Crippen molar-refractivity contribution in [1.29, 1.82) is 0 Å². The van der Waals surface area contributed by atoms with Gasteiger partial charge in [-0.1, -0.05) is 30.7 Å². The minimum absolute atomic E-state index is 0.0215. The maximum Gasteiger partial charge on any atom is 0.155 e. The zero-order chi connectivity index (χ0) is 13.6. The second kappa shape index (κ2) is 4.49. The van der Waals surface area contributed by atoms with Gasteiger partial charge < -0.3 is 10.8 Å². The van der Waals surface area contributed by atoms with Crippen LogP contribution in [0.4, 0.5) is 0 Å². The lowest BCUT2D eigenvalue weighted by Crippen LogP contribution is -2.35. The standard InChI is InChI=1S/C12H16ClNO3S/c1-2-18(16,17)11-10(12(11,14)7-15)8-4-3-5-9(13)6-8/h3-6,10-11,15H,2,7,14H2,1H3/t10-,11-,12-/m1/s1. The third-order valence-corrected chi connectivity index (χ3v) is 6.10. The quantitative estimate of drug-likeness (QED) is 0.864. The van der Waals surface area contributed by atoms with E-state index < -0.39 is 20.6 Å². The molecule has 1 aliphatic carbocycles. The number of sulfone groups is 1. The lowest BCUT2D eigenvalue weighted by molar-refractivity contribution is 0.253. The van der Waals surface area contributed by atoms with Gasteiger partial charge in [-0.3, -0.25) is 0 Å². The van der Waals surface area contributed by atoms with Crippen molar-refractivity contribution in [2.24, 2.45) is 5.73 Å². The largest absolute Gasteiger partial charge is 0.394 e. The molecule has 0 spiro atoms. The van der Waals surface area contributed by atoms with Gasteiger partial charge in [-0.2, -0.15) is 0 Å². The molecule has 18 heavy (non-hydrogen) atoms. The first-order valence-corrected chi connectivity index (χ1v) is 7.83. The van der Waals surface area contributed by atoms with E-state index in [1.807, 2.05) is 0 Å². The molecule has 0 heterocycles. The molecule has 0 aliphatic heterocycles. The molecule has 2 rings (SSSR count). The van der Waals surface area contributed by atoms with E-state index in [2.05, 4.69) is 0 Å². The molecule has 1 aliphatic rings. The lowest BCUT2D eigenvalue weighted by atomic mass is 10.1. The van der Waals surface area contributed by atoms with Crippen LogP contribution < -0.4 is 5.73 Å². The van der Waals surface area contributed by atoms with Crippen molar-refractivity contribution in [1.82, 2.24) is 0 Å². The van der Waals surface area contributed by atoms with Gasteiger partial charge in [0.25, 0.3) is 0 Å². The minimum Gasteiger partial charge on any atom is -0.394 e. The number of rotatable bonds is 4. The highest BCUT2D eigenvalue weighted by atomic mass is 35.5. The van der Waals surface area contributed by atoms with Crippen molar-refractivity contribution >= 4 is 21.4 Å². The van der Waals surface area contributed by atoms with Gasteiger partial charge in [0.05, 0.1) is 17.4 Å². The highest BCUT2D eigenvalue weighted by Gasteiger charge is 2.68. The number of benzene rings is 1. The van der Waals surface area contributed by atoms with Crippen LogP contribution in [0.1, 0.15) is 18.4 Å². The van der Waals surface area contributed by atoms with Crippen molar-refractivity contribution in [3.8, 4) is 0 Å². The molecule has 0 bridgehead atoms. The van der Waals surface area contributed by atoms with Crippen molar-refractivity contribution < 1.29 is 13.5 Å². The summed E-state index contributed by atoms with van der Waals surface area (Å²) in [6, 6.07) is 6.96. The zero-order valence-electron chi connectivity index (χ0n) is 10.0. The van der Waals surface area contributed by atoms with Crippen LogP contribution in [0.3, 0.4) is 0 Å². The topological polar surface area (TPSA) is 80.4 Å². The normalized spacial score (nSPS) is 31.3. The molecule has 3 N–H and O–H groups in total. The van der Waals surface area contributed by atoms with Crippen LogP contribution in [0.5, 0.6) is 0 Å². The fourth-order valence-electron chi connectivity index (χ4n) is 2.52. The zero-order valence-corrected chi connectivity index (χ0v) is 11.6. The molecule has 1 fully saturated rings. The van der Waals surface area contributed by atoms with E-state index >= 15 is 0 Å². The van der Waals surface area contributed by atoms with Crippen LogP contribution in [0.2, 0.25) is 5.02 Å². The van der Waals surface area contributed by atoms with E-state index in [0.717, 1.165) is 5.56 Å². The highest BCUT2D eigenvalue weighted by molar-refractivity contribution is 7.92. The molecule has 1 aromatic carbocycles. The first-order valence-electron chi connectivity index (χ1n) is 5.73. The number of aliphatic hydroxyl groups excluding tert-OH is 1. The van der Waals surface area contributed by atoms with Gasteiger partial charge in [0.15, 0.2) is 9.84 Å². The van der Waals surface area contributed by atoms with Gasteiger partial charge in [-0.15, -0.1) is 0 Å². The Morgan fingerprint density at radius 2 is 2.17 bits per heavy atom. The molecular weight excluding hydrogens is 274 g/mol. The molecule has 0 amide bonds. The molecule has 4 nitrogen and oxygen atoms in total. The third kappa shape index (κ3) is 2.05. The fraction of sp³-hybridized carbons (Fsp3) is 0.500. The summed E-state index contributed by atoms with van der Waals surface area (Å²) >= 11 is 5.90. The Kier molecular flexibility index (Phi) is 3.44. The Balaban J connectivity index is 2.40. The first kappa shape index (κ1) is 13.8. The number of nitrogens with two attached hydrogens (primary N) is 1. The summed E-state index contributed by atoms with van der Waals surface area (Å²) in [6.07, 6.45) is 0. The molecule has 1 aromatic rings. The number of hydrogen-bond acceptors (Lipinski definition) is 4. The summed E-state index contributed by atoms with van der Waals surface area (Å²) in [7, 11) is -3.28. The van der Waals surface area contributed by atoms with Gasteiger partial charge >= 0.3 is 0 Å². The fourth-order valence-corrected chi connectivity index (χ4v) is 4.71. The van der Waals surface area contributed by atoms with Crippen molar-refractivity contribution in [3.05, 3.63) is 34.9 Å². The predicted octanol–water partition coefficient (Wildman–Crippen LogP) is 0.930. The van der Waals surface area contributed by atoms with Crippen LogP contribution in [0.25, 0.3) is 0 Å². The summed E-state index contributed by atoms with van der Waals surface area (Å²) in [6.45, 7) is 1.23. The van der Waals surface area contributed by atoms with E-state index in [-0.39, 0.29) is 18.3 Å². The molecule has 0 saturated heterocycles. The van der Waals surface area contributed by atoms with E-state index in [4.69, 9.17) is 17.3 Å². The molecule has 3 atom stereocenters. The van der Waals surface area contributed by atoms with Crippen LogP contribution in [0, 0.1) is 0 Å². The number of hydrogen-bond donors (Lipinski definition) is 2. The summed E-state index contributed by atoms with van der Waals surface area (Å²) in [5, 5.41) is 9.18. The van der Waals surface area contributed by atoms with Crippen molar-refractivity contribution in [3.63, 3.8) is 0 Å². The SMILES string of the molecule is CCS(=O)(=O)[C@@H]1[C@@H](c2cccc(Cl)c2)[C@]1(N)CO. The number of aliphatic hydroxyl groups is 1. The second-order valence-electron chi connectivity index (χ2n) is 4.68. The molecule has 1 saturated carbocycles. The van der Waals surface area contributed by atoms with E-state index in [1.54, 1.807) is 31.2 Å². The van der Waals surface area contributed by atoms with E-state index in [1.165, 1.54) is 0 Å². The minimum atomic E-state index is -3.28. The Morgan fingerprint density at radius 1 is 1.50 bits per heavy atom. The summed E-state index contributed by atoms with van der Waals surface area (Å²) < 4.78 is 24.0. The van der Waals surface area contributed by atoms with Crippen LogP contribution >= 0.6 is 11.6 Å². The van der Waals surface area contributed by atoms with Gasteiger partial charge in [0, 0.05) is 16.7 Å². The predicted molar refractivity (Wildman–Crippen MR) is 71.4 cm³/mol. The third-order valence-electron chi connectivity index (χ3n) is 3.57. The van der Waals surface area contributed by atoms with Gasteiger partial charge in [0.2, 0.25) is 0 Å². The molecule has 100 valence electrons. The Bertz CT molecular complexity index is 560. The van der Waals surface area contributed by atoms with E-state index in [9.17, 15) is 13.5 Å². The second-order valence-corrected chi connectivity index (χ2v) is 7.52. The Labute approximate surface area is 112 Å². The van der Waals surface area contributed by atoms with Crippen molar-refractivity contribution in [2.45, 2.75) is 23.6 Å². The van der Waals surface area contributed by atoms with Gasteiger partial charge in [0.1, 0.15) is 0 Å². The maximum atomic E-state index is 12.0. The average Bonchev–Trinajstić information content (AvgIpc) is 2.98. The van der Waals surface area contributed by atoms with Crippen LogP contribution in [-0.4, -0.2) is 36.7 Å². The van der Waals surface area contributed by atoms with Gasteiger partial charge in [-0.05, 0) is 17.7 Å². The van der Waals surface area contributed by atoms with Crippen LogP contribution in [0.15, 0.2) is 24.3 Å². The smallest absolute Gasteiger partial charge is 0.155 e. The summed E-state index contributed by atoms with van der Waals surface area (Å²) in [4.78, 5) is 0. The number of halogens is 1. The summed E-state index contributed by atoms with van der Waals surface area (Å²) in [5.74, 6) is -0.362. The first-order chi connectivity index (χ1) is 8.36. The monoisotopic (exact) mass is 289 g/mol. The maximum absolute atomic E-state index is 12.0. The average molecular weight is 290 g/mol. The lowest BCUT2D eigenvalue weighted by Gasteiger charge is -2.07. The van der Waals surface area contributed by atoms with Gasteiger partial charge in [-0.25, -0.2) is 8.42 Å². The molecule has 0 radical (unpaired) electrons. The molecule has 0 aromatic heterocycles. The molecule has 6 heteroatoms. The van der Waals surface area contributed by atoms with Crippen LogP contribution in [-0.2, 0) is 9.84 Å². The van der Waals surface area contributed by atoms with Crippen molar-refractivity contribution in [2.75, 3.05) is 12.4 Å². The summed E-state index contributed by atoms with van der Waals surface area (Å²) in [5.41, 5.74) is 5.69.